The summed E-state index contributed by atoms with van der Waals surface area (Å²) in [6.45, 7) is 0.884. The van der Waals surface area contributed by atoms with Crippen molar-refractivity contribution in [2.75, 3.05) is 25.6 Å². The molecular formula is C15H16FN3O3S. The van der Waals surface area contributed by atoms with Gasteiger partial charge in [0.15, 0.2) is 5.13 Å². The highest BCUT2D eigenvalue weighted by atomic mass is 32.1. The number of nitrogens with zero attached hydrogens (tertiary/aromatic N) is 1. The first kappa shape index (κ1) is 17.0. The van der Waals surface area contributed by atoms with E-state index in [2.05, 4.69) is 15.6 Å². The highest BCUT2D eigenvalue weighted by Crippen LogP contribution is 2.17. The van der Waals surface area contributed by atoms with Crippen molar-refractivity contribution in [3.05, 3.63) is 46.7 Å². The van der Waals surface area contributed by atoms with Gasteiger partial charge in [-0.15, -0.1) is 11.3 Å². The summed E-state index contributed by atoms with van der Waals surface area (Å²) in [7, 11) is 1.56. The van der Waals surface area contributed by atoms with Crippen molar-refractivity contribution in [1.82, 2.24) is 10.3 Å². The van der Waals surface area contributed by atoms with E-state index >= 15 is 0 Å². The summed E-state index contributed by atoms with van der Waals surface area (Å²) in [5.41, 5.74) is 0.903. The fraction of sp³-hybridized carbons (Fsp3) is 0.267. The number of benzene rings is 1. The number of hydrogen-bond donors (Lipinski definition) is 2. The van der Waals surface area contributed by atoms with Gasteiger partial charge < -0.3 is 10.1 Å². The van der Waals surface area contributed by atoms with Crippen LogP contribution in [0.4, 0.5) is 9.52 Å². The van der Waals surface area contributed by atoms with Crippen LogP contribution in [0.1, 0.15) is 16.1 Å². The SMILES string of the molecule is COCCNC(=O)Cc1csc(NC(=O)c2ccc(F)cc2)n1. The monoisotopic (exact) mass is 337 g/mol. The van der Waals surface area contributed by atoms with Gasteiger partial charge in [-0.05, 0) is 24.3 Å². The maximum atomic E-state index is 12.8. The van der Waals surface area contributed by atoms with Gasteiger partial charge in [0.25, 0.3) is 5.91 Å². The zero-order valence-corrected chi connectivity index (χ0v) is 13.3. The van der Waals surface area contributed by atoms with E-state index in [9.17, 15) is 14.0 Å². The van der Waals surface area contributed by atoms with Gasteiger partial charge >= 0.3 is 0 Å². The fourth-order valence-electron chi connectivity index (χ4n) is 1.74. The lowest BCUT2D eigenvalue weighted by atomic mass is 10.2. The Labute approximate surface area is 136 Å². The predicted octanol–water partition coefficient (Wildman–Crippen LogP) is 1.84. The van der Waals surface area contributed by atoms with Crippen LogP contribution in [0.25, 0.3) is 0 Å². The van der Waals surface area contributed by atoms with E-state index in [-0.39, 0.29) is 18.2 Å². The lowest BCUT2D eigenvalue weighted by molar-refractivity contribution is -0.120. The highest BCUT2D eigenvalue weighted by Gasteiger charge is 2.11. The summed E-state index contributed by atoms with van der Waals surface area (Å²) in [6, 6.07) is 5.21. The van der Waals surface area contributed by atoms with Crippen LogP contribution in [0.3, 0.4) is 0 Å². The van der Waals surface area contributed by atoms with Crippen LogP contribution in [0, 0.1) is 5.82 Å². The molecule has 2 N–H and O–H groups in total. The third kappa shape index (κ3) is 5.42. The van der Waals surface area contributed by atoms with Crippen LogP contribution >= 0.6 is 11.3 Å². The van der Waals surface area contributed by atoms with Crippen LogP contribution in [-0.4, -0.2) is 37.1 Å². The number of aromatic nitrogens is 1. The second-order valence-electron chi connectivity index (χ2n) is 4.62. The van der Waals surface area contributed by atoms with Crippen molar-refractivity contribution in [3.63, 3.8) is 0 Å². The third-order valence-electron chi connectivity index (χ3n) is 2.85. The number of rotatable bonds is 7. The molecule has 2 rings (SSSR count). The van der Waals surface area contributed by atoms with Crippen molar-refractivity contribution in [1.29, 1.82) is 0 Å². The Hall–Kier alpha value is -2.32. The average molecular weight is 337 g/mol. The predicted molar refractivity (Wildman–Crippen MR) is 85.1 cm³/mol. The minimum atomic E-state index is -0.405. The molecule has 2 aromatic rings. The largest absolute Gasteiger partial charge is 0.383 e. The van der Waals surface area contributed by atoms with Crippen molar-refractivity contribution in [2.45, 2.75) is 6.42 Å². The number of hydrogen-bond acceptors (Lipinski definition) is 5. The Kier molecular flexibility index (Phi) is 6.19. The van der Waals surface area contributed by atoms with Gasteiger partial charge in [-0.1, -0.05) is 0 Å². The third-order valence-corrected chi connectivity index (χ3v) is 3.66. The molecule has 0 spiro atoms. The van der Waals surface area contributed by atoms with E-state index in [4.69, 9.17) is 4.74 Å². The maximum absolute atomic E-state index is 12.8. The molecule has 0 saturated heterocycles. The van der Waals surface area contributed by atoms with Crippen LogP contribution in [0.2, 0.25) is 0 Å². The molecular weight excluding hydrogens is 321 g/mol. The molecule has 0 bridgehead atoms. The Morgan fingerprint density at radius 2 is 2.04 bits per heavy atom. The number of anilines is 1. The van der Waals surface area contributed by atoms with Gasteiger partial charge in [-0.2, -0.15) is 0 Å². The number of halogens is 1. The van der Waals surface area contributed by atoms with E-state index < -0.39 is 5.82 Å². The van der Waals surface area contributed by atoms with Crippen LogP contribution in [0.15, 0.2) is 29.6 Å². The van der Waals surface area contributed by atoms with Gasteiger partial charge in [-0.25, -0.2) is 9.37 Å². The summed E-state index contributed by atoms with van der Waals surface area (Å²) >= 11 is 1.22. The fourth-order valence-corrected chi connectivity index (χ4v) is 2.44. The van der Waals surface area contributed by atoms with E-state index in [0.717, 1.165) is 0 Å². The number of carbonyl (C=O) groups excluding carboxylic acids is 2. The molecule has 0 fully saturated rings. The summed E-state index contributed by atoms with van der Waals surface area (Å²) in [5.74, 6) is -0.947. The molecule has 2 amide bonds. The zero-order valence-electron chi connectivity index (χ0n) is 12.5. The second kappa shape index (κ2) is 8.35. The number of ether oxygens (including phenoxy) is 1. The lowest BCUT2D eigenvalue weighted by Gasteiger charge is -2.03. The minimum Gasteiger partial charge on any atom is -0.383 e. The smallest absolute Gasteiger partial charge is 0.257 e. The quantitative estimate of drug-likeness (QED) is 0.756. The topological polar surface area (TPSA) is 80.3 Å². The highest BCUT2D eigenvalue weighted by molar-refractivity contribution is 7.14. The molecule has 0 unspecified atom stereocenters. The maximum Gasteiger partial charge on any atom is 0.257 e. The van der Waals surface area contributed by atoms with Gasteiger partial charge in [0.1, 0.15) is 5.82 Å². The lowest BCUT2D eigenvalue weighted by Crippen LogP contribution is -2.28. The summed E-state index contributed by atoms with van der Waals surface area (Å²) in [4.78, 5) is 27.8. The summed E-state index contributed by atoms with van der Waals surface area (Å²) in [5, 5.41) is 7.40. The molecule has 6 nitrogen and oxygen atoms in total. The zero-order chi connectivity index (χ0) is 16.7. The second-order valence-corrected chi connectivity index (χ2v) is 5.48. The van der Waals surface area contributed by atoms with E-state index in [0.29, 0.717) is 29.5 Å². The van der Waals surface area contributed by atoms with Crippen LogP contribution in [0.5, 0.6) is 0 Å². The molecule has 23 heavy (non-hydrogen) atoms. The number of methoxy groups -OCH3 is 1. The molecule has 0 aliphatic carbocycles. The number of nitrogens with one attached hydrogen (secondary N) is 2. The molecule has 1 heterocycles. The van der Waals surface area contributed by atoms with E-state index in [1.54, 1.807) is 12.5 Å². The molecule has 8 heteroatoms. The first-order chi connectivity index (χ1) is 11.1. The van der Waals surface area contributed by atoms with Crippen molar-refractivity contribution >= 4 is 28.3 Å². The molecule has 0 saturated carbocycles. The Morgan fingerprint density at radius 1 is 1.30 bits per heavy atom. The van der Waals surface area contributed by atoms with Gasteiger partial charge in [-0.3, -0.25) is 14.9 Å². The Balaban J connectivity index is 1.88. The van der Waals surface area contributed by atoms with Gasteiger partial charge in [0.05, 0.1) is 18.7 Å². The van der Waals surface area contributed by atoms with Crippen molar-refractivity contribution < 1.29 is 18.7 Å². The van der Waals surface area contributed by atoms with Gasteiger partial charge in [0, 0.05) is 24.6 Å². The van der Waals surface area contributed by atoms with Crippen molar-refractivity contribution in [3.8, 4) is 0 Å². The molecule has 1 aromatic carbocycles. The molecule has 1 aromatic heterocycles. The molecule has 122 valence electrons. The standard InChI is InChI=1S/C15H16FN3O3S/c1-22-7-6-17-13(20)8-12-9-23-15(18-12)19-14(21)10-2-4-11(16)5-3-10/h2-5,9H,6-8H2,1H3,(H,17,20)(H,18,19,21). The van der Waals surface area contributed by atoms with E-state index in [1.165, 1.54) is 35.6 Å². The van der Waals surface area contributed by atoms with E-state index in [1.807, 2.05) is 0 Å². The number of thiazole rings is 1. The minimum absolute atomic E-state index is 0.132. The van der Waals surface area contributed by atoms with Gasteiger partial charge in [0.2, 0.25) is 5.91 Å². The first-order valence-electron chi connectivity index (χ1n) is 6.85. The molecule has 0 aliphatic heterocycles. The molecule has 0 aliphatic rings. The first-order valence-corrected chi connectivity index (χ1v) is 7.73. The number of amides is 2. The summed E-state index contributed by atoms with van der Waals surface area (Å²) in [6.07, 6.45) is 0.132. The van der Waals surface area contributed by atoms with Crippen molar-refractivity contribution in [2.24, 2.45) is 0 Å². The normalized spacial score (nSPS) is 10.3. The Bertz CT molecular complexity index is 673. The molecule has 0 atom stereocenters. The molecule has 0 radical (unpaired) electrons. The average Bonchev–Trinajstić information content (AvgIpc) is 2.95. The van der Waals surface area contributed by atoms with Crippen LogP contribution in [-0.2, 0) is 16.0 Å². The van der Waals surface area contributed by atoms with Crippen LogP contribution < -0.4 is 10.6 Å². The number of carbonyl (C=O) groups is 2. The summed E-state index contributed by atoms with van der Waals surface area (Å²) < 4.78 is 17.7. The Morgan fingerprint density at radius 3 is 2.74 bits per heavy atom.